The van der Waals surface area contributed by atoms with Crippen LogP contribution in [-0.2, 0) is 0 Å². The van der Waals surface area contributed by atoms with E-state index in [1.807, 2.05) is 35.5 Å². The molecule has 3 heteroatoms. The van der Waals surface area contributed by atoms with E-state index < -0.39 is 0 Å². The van der Waals surface area contributed by atoms with Crippen LogP contribution in [0.1, 0.15) is 16.7 Å². The number of anilines is 5. The number of hydrazone groups is 1. The van der Waals surface area contributed by atoms with E-state index in [1.54, 1.807) is 0 Å². The minimum Gasteiger partial charge on any atom is -0.311 e. The highest BCUT2D eigenvalue weighted by Crippen LogP contribution is 2.34. The molecule has 0 heterocycles. The van der Waals surface area contributed by atoms with Crippen molar-refractivity contribution in [1.82, 2.24) is 0 Å². The molecule has 0 bridgehead atoms. The van der Waals surface area contributed by atoms with Gasteiger partial charge in [-0.05, 0) is 80.1 Å². The van der Waals surface area contributed by atoms with Gasteiger partial charge < -0.3 is 4.90 Å². The molecule has 0 atom stereocenters. The van der Waals surface area contributed by atoms with Crippen LogP contribution >= 0.6 is 0 Å². The first-order valence-electron chi connectivity index (χ1n) is 12.2. The van der Waals surface area contributed by atoms with Gasteiger partial charge in [0.25, 0.3) is 0 Å². The highest BCUT2D eigenvalue weighted by atomic mass is 15.5. The summed E-state index contributed by atoms with van der Waals surface area (Å²) in [5.74, 6) is 0. The van der Waals surface area contributed by atoms with Crippen molar-refractivity contribution in [3.05, 3.63) is 150 Å². The monoisotopic (exact) mass is 467 g/mol. The molecule has 0 aromatic heterocycles. The Balaban J connectivity index is 1.45. The topological polar surface area (TPSA) is 18.8 Å². The van der Waals surface area contributed by atoms with Gasteiger partial charge in [-0.3, -0.25) is 0 Å². The Morgan fingerprint density at radius 1 is 0.444 bits per heavy atom. The average Bonchev–Trinajstić information content (AvgIpc) is 2.93. The minimum atomic E-state index is 1.02. The molecule has 0 radical (unpaired) electrons. The fraction of sp³-hybridized carbons (Fsp3) is 0.0606. The minimum absolute atomic E-state index is 1.02. The summed E-state index contributed by atoms with van der Waals surface area (Å²) in [4.78, 5) is 2.27. The van der Waals surface area contributed by atoms with Crippen LogP contribution in [0.5, 0.6) is 0 Å². The fourth-order valence-corrected chi connectivity index (χ4v) is 4.09. The van der Waals surface area contributed by atoms with Crippen molar-refractivity contribution in [3.8, 4) is 0 Å². The first-order valence-corrected chi connectivity index (χ1v) is 12.2. The molecule has 176 valence electrons. The number of benzene rings is 5. The number of nitrogens with zero attached hydrogens (tertiary/aromatic N) is 3. The van der Waals surface area contributed by atoms with Crippen molar-refractivity contribution in [2.45, 2.75) is 13.8 Å². The van der Waals surface area contributed by atoms with E-state index in [4.69, 9.17) is 5.10 Å². The number of para-hydroxylation sites is 2. The van der Waals surface area contributed by atoms with Crippen LogP contribution in [0.15, 0.2) is 139 Å². The first-order chi connectivity index (χ1) is 17.7. The molecule has 36 heavy (non-hydrogen) atoms. The highest BCUT2D eigenvalue weighted by molar-refractivity contribution is 5.84. The zero-order chi connectivity index (χ0) is 24.7. The standard InChI is InChI=1S/C33H29N3/c1-26-13-19-30(20-14-26)35(29-9-5-3-6-10-29)31-23-17-28(18-24-31)25-34-36(32-11-7-4-8-12-32)33-21-15-27(2)16-22-33/h3-25H,1-2H3. The lowest BCUT2D eigenvalue weighted by atomic mass is 10.1. The summed E-state index contributed by atoms with van der Waals surface area (Å²) in [6.07, 6.45) is 1.91. The van der Waals surface area contributed by atoms with Crippen LogP contribution in [0, 0.1) is 13.8 Å². The van der Waals surface area contributed by atoms with E-state index in [0.717, 1.165) is 34.0 Å². The predicted octanol–water partition coefficient (Wildman–Crippen LogP) is 8.95. The summed E-state index contributed by atoms with van der Waals surface area (Å²) >= 11 is 0. The first kappa shape index (κ1) is 23.1. The van der Waals surface area contributed by atoms with Gasteiger partial charge in [0.1, 0.15) is 0 Å². The molecule has 5 rings (SSSR count). The number of hydrogen-bond acceptors (Lipinski definition) is 3. The number of rotatable bonds is 7. The van der Waals surface area contributed by atoms with Crippen molar-refractivity contribution >= 4 is 34.7 Å². The summed E-state index contributed by atoms with van der Waals surface area (Å²) in [6, 6.07) is 46.2. The van der Waals surface area contributed by atoms with Crippen molar-refractivity contribution in [1.29, 1.82) is 0 Å². The molecule has 0 unspecified atom stereocenters. The molecule has 0 fully saturated rings. The molecule has 0 aliphatic carbocycles. The zero-order valence-corrected chi connectivity index (χ0v) is 20.6. The summed E-state index contributed by atoms with van der Waals surface area (Å²) < 4.78 is 0. The lowest BCUT2D eigenvalue weighted by Gasteiger charge is -2.25. The zero-order valence-electron chi connectivity index (χ0n) is 20.6. The second-order valence-corrected chi connectivity index (χ2v) is 8.83. The summed E-state index contributed by atoms with van der Waals surface area (Å²) in [5.41, 5.74) is 8.89. The van der Waals surface area contributed by atoms with E-state index in [2.05, 4.69) is 128 Å². The van der Waals surface area contributed by atoms with Crippen molar-refractivity contribution < 1.29 is 0 Å². The molecule has 0 N–H and O–H groups in total. The third-order valence-corrected chi connectivity index (χ3v) is 6.06. The van der Waals surface area contributed by atoms with Crippen LogP contribution in [0.4, 0.5) is 28.4 Å². The second-order valence-electron chi connectivity index (χ2n) is 8.83. The van der Waals surface area contributed by atoms with Gasteiger partial charge >= 0.3 is 0 Å². The van der Waals surface area contributed by atoms with Crippen LogP contribution in [-0.4, -0.2) is 6.21 Å². The molecule has 0 saturated heterocycles. The maximum Gasteiger partial charge on any atom is 0.0652 e. The summed E-state index contributed by atoms with van der Waals surface area (Å²) in [5, 5.41) is 6.83. The lowest BCUT2D eigenvalue weighted by Crippen LogP contribution is -2.10. The third kappa shape index (κ3) is 5.37. The van der Waals surface area contributed by atoms with Gasteiger partial charge in [0.05, 0.1) is 17.6 Å². The Morgan fingerprint density at radius 3 is 1.36 bits per heavy atom. The Kier molecular flexibility index (Phi) is 6.90. The second kappa shape index (κ2) is 10.7. The van der Waals surface area contributed by atoms with Gasteiger partial charge in [0.15, 0.2) is 0 Å². The molecule has 0 aliphatic heterocycles. The normalized spacial score (nSPS) is 10.9. The van der Waals surface area contributed by atoms with Gasteiger partial charge in [0.2, 0.25) is 0 Å². The Labute approximate surface area is 213 Å². The van der Waals surface area contributed by atoms with Crippen LogP contribution < -0.4 is 9.91 Å². The van der Waals surface area contributed by atoms with E-state index in [0.29, 0.717) is 0 Å². The Hall–Kier alpha value is -4.63. The molecule has 0 amide bonds. The summed E-state index contributed by atoms with van der Waals surface area (Å²) in [6.45, 7) is 4.21. The maximum absolute atomic E-state index is 4.86. The predicted molar refractivity (Wildman–Crippen MR) is 153 cm³/mol. The molecule has 0 aliphatic rings. The summed E-state index contributed by atoms with van der Waals surface area (Å²) in [7, 11) is 0. The van der Waals surface area contributed by atoms with Crippen LogP contribution in [0.2, 0.25) is 0 Å². The molecular formula is C33H29N3. The molecule has 5 aromatic carbocycles. The molecule has 0 spiro atoms. The number of hydrogen-bond donors (Lipinski definition) is 0. The van der Waals surface area contributed by atoms with Gasteiger partial charge in [-0.25, -0.2) is 5.01 Å². The molecule has 5 aromatic rings. The highest BCUT2D eigenvalue weighted by Gasteiger charge is 2.12. The van der Waals surface area contributed by atoms with Crippen molar-refractivity contribution in [3.63, 3.8) is 0 Å². The quantitative estimate of drug-likeness (QED) is 0.176. The van der Waals surface area contributed by atoms with Crippen molar-refractivity contribution in [2.24, 2.45) is 5.10 Å². The van der Waals surface area contributed by atoms with E-state index in [9.17, 15) is 0 Å². The Morgan fingerprint density at radius 2 is 0.833 bits per heavy atom. The number of aryl methyl sites for hydroxylation is 2. The largest absolute Gasteiger partial charge is 0.311 e. The van der Waals surface area contributed by atoms with Crippen molar-refractivity contribution in [2.75, 3.05) is 9.91 Å². The van der Waals surface area contributed by atoms with E-state index in [1.165, 1.54) is 11.1 Å². The SMILES string of the molecule is Cc1ccc(N(N=Cc2ccc(N(c3ccccc3)c3ccc(C)cc3)cc2)c2ccccc2)cc1. The molecular weight excluding hydrogens is 438 g/mol. The van der Waals surface area contributed by atoms with Gasteiger partial charge in [-0.2, -0.15) is 5.10 Å². The van der Waals surface area contributed by atoms with Gasteiger partial charge in [0, 0.05) is 17.1 Å². The van der Waals surface area contributed by atoms with Gasteiger partial charge in [-0.15, -0.1) is 0 Å². The molecule has 0 saturated carbocycles. The van der Waals surface area contributed by atoms with Crippen LogP contribution in [0.3, 0.4) is 0 Å². The van der Waals surface area contributed by atoms with Crippen LogP contribution in [0.25, 0.3) is 0 Å². The lowest BCUT2D eigenvalue weighted by molar-refractivity contribution is 1.09. The fourth-order valence-electron chi connectivity index (χ4n) is 4.09. The maximum atomic E-state index is 4.86. The van der Waals surface area contributed by atoms with E-state index in [-0.39, 0.29) is 0 Å². The van der Waals surface area contributed by atoms with Gasteiger partial charge in [-0.1, -0.05) is 83.9 Å². The van der Waals surface area contributed by atoms with E-state index >= 15 is 0 Å². The smallest absolute Gasteiger partial charge is 0.0652 e. The Bertz CT molecular complexity index is 1410. The third-order valence-electron chi connectivity index (χ3n) is 6.06. The molecule has 3 nitrogen and oxygen atoms in total. The average molecular weight is 468 g/mol.